The lowest BCUT2D eigenvalue weighted by Gasteiger charge is -2.33. The van der Waals surface area contributed by atoms with E-state index in [2.05, 4.69) is 4.90 Å². The van der Waals surface area contributed by atoms with Crippen LogP contribution in [0.3, 0.4) is 0 Å². The van der Waals surface area contributed by atoms with E-state index in [0.717, 1.165) is 49.1 Å². The Morgan fingerprint density at radius 2 is 1.77 bits per heavy atom. The summed E-state index contributed by atoms with van der Waals surface area (Å²) < 4.78 is 65.7. The minimum absolute atomic E-state index is 0.283. The standard InChI is InChI=1S/C17H23F3N2O2S2/c18-17(19,20)14-3-1-4-16(13-14)26(23,24)22-8-2-7-21(9-10-22)15-5-11-25-12-6-15/h1,3-4,13,15H,2,5-12H2. The predicted molar refractivity (Wildman–Crippen MR) is 96.7 cm³/mol. The van der Waals surface area contributed by atoms with E-state index < -0.39 is 21.8 Å². The van der Waals surface area contributed by atoms with Crippen molar-refractivity contribution in [1.29, 1.82) is 0 Å². The highest BCUT2D eigenvalue weighted by Gasteiger charge is 2.34. The van der Waals surface area contributed by atoms with Crippen molar-refractivity contribution in [2.75, 3.05) is 37.7 Å². The number of nitrogens with zero attached hydrogens (tertiary/aromatic N) is 2. The molecule has 2 aliphatic heterocycles. The second-order valence-electron chi connectivity index (χ2n) is 6.66. The molecule has 0 N–H and O–H groups in total. The molecule has 26 heavy (non-hydrogen) atoms. The van der Waals surface area contributed by atoms with Gasteiger partial charge in [-0.05, 0) is 55.5 Å². The van der Waals surface area contributed by atoms with E-state index in [4.69, 9.17) is 0 Å². The molecule has 0 aromatic heterocycles. The molecule has 146 valence electrons. The van der Waals surface area contributed by atoms with E-state index in [-0.39, 0.29) is 4.90 Å². The average Bonchev–Trinajstić information content (AvgIpc) is 2.88. The van der Waals surface area contributed by atoms with Gasteiger partial charge in [0.15, 0.2) is 0 Å². The van der Waals surface area contributed by atoms with Gasteiger partial charge in [0.2, 0.25) is 10.0 Å². The number of thioether (sulfide) groups is 1. The fourth-order valence-corrected chi connectivity index (χ4v) is 6.15. The summed E-state index contributed by atoms with van der Waals surface area (Å²) in [5, 5.41) is 0. The zero-order valence-corrected chi connectivity index (χ0v) is 16.0. The second-order valence-corrected chi connectivity index (χ2v) is 9.83. The van der Waals surface area contributed by atoms with Gasteiger partial charge in [0.05, 0.1) is 10.5 Å². The van der Waals surface area contributed by atoms with E-state index in [9.17, 15) is 21.6 Å². The Balaban J connectivity index is 1.73. The first-order chi connectivity index (χ1) is 12.3. The van der Waals surface area contributed by atoms with Crippen LogP contribution in [0, 0.1) is 0 Å². The van der Waals surface area contributed by atoms with Crippen molar-refractivity contribution in [3.05, 3.63) is 29.8 Å². The SMILES string of the molecule is O=S(=O)(c1cccc(C(F)(F)F)c1)N1CCCN(C2CCSCC2)CC1. The van der Waals surface area contributed by atoms with Crippen LogP contribution >= 0.6 is 11.8 Å². The summed E-state index contributed by atoms with van der Waals surface area (Å²) in [6, 6.07) is 4.51. The van der Waals surface area contributed by atoms with Crippen LogP contribution in [-0.2, 0) is 16.2 Å². The van der Waals surface area contributed by atoms with Crippen LogP contribution in [-0.4, -0.2) is 61.3 Å². The van der Waals surface area contributed by atoms with E-state index in [1.165, 1.54) is 10.4 Å². The maximum absolute atomic E-state index is 12.9. The summed E-state index contributed by atoms with van der Waals surface area (Å²) in [5.41, 5.74) is -0.935. The van der Waals surface area contributed by atoms with Crippen molar-refractivity contribution < 1.29 is 21.6 Å². The topological polar surface area (TPSA) is 40.6 Å². The van der Waals surface area contributed by atoms with Crippen molar-refractivity contribution >= 4 is 21.8 Å². The molecule has 0 spiro atoms. The van der Waals surface area contributed by atoms with E-state index in [0.29, 0.717) is 32.1 Å². The molecule has 2 saturated heterocycles. The lowest BCUT2D eigenvalue weighted by molar-refractivity contribution is -0.137. The van der Waals surface area contributed by atoms with E-state index >= 15 is 0 Å². The van der Waals surface area contributed by atoms with Crippen LogP contribution in [0.4, 0.5) is 13.2 Å². The van der Waals surface area contributed by atoms with Crippen molar-refractivity contribution in [1.82, 2.24) is 9.21 Å². The number of sulfonamides is 1. The number of halogens is 3. The number of hydrogen-bond donors (Lipinski definition) is 0. The summed E-state index contributed by atoms with van der Waals surface area (Å²) >= 11 is 1.95. The Kier molecular flexibility index (Phi) is 6.21. The van der Waals surface area contributed by atoms with Crippen LogP contribution in [0.15, 0.2) is 29.2 Å². The van der Waals surface area contributed by atoms with E-state index in [1.807, 2.05) is 11.8 Å². The highest BCUT2D eigenvalue weighted by atomic mass is 32.2. The molecule has 2 heterocycles. The summed E-state index contributed by atoms with van der Waals surface area (Å²) in [4.78, 5) is 2.07. The third kappa shape index (κ3) is 4.55. The summed E-state index contributed by atoms with van der Waals surface area (Å²) in [7, 11) is -3.92. The normalized spacial score (nSPS) is 22.3. The van der Waals surface area contributed by atoms with Crippen molar-refractivity contribution in [2.24, 2.45) is 0 Å². The Morgan fingerprint density at radius 3 is 2.46 bits per heavy atom. The summed E-state index contributed by atoms with van der Waals surface area (Å²) in [6.45, 7) is 2.14. The molecule has 3 rings (SSSR count). The van der Waals surface area contributed by atoms with Gasteiger partial charge in [-0.1, -0.05) is 6.07 Å². The molecule has 1 aromatic rings. The van der Waals surface area contributed by atoms with Gasteiger partial charge in [-0.25, -0.2) is 8.42 Å². The largest absolute Gasteiger partial charge is 0.416 e. The minimum Gasteiger partial charge on any atom is -0.299 e. The highest BCUT2D eigenvalue weighted by Crippen LogP contribution is 2.31. The number of hydrogen-bond acceptors (Lipinski definition) is 4. The smallest absolute Gasteiger partial charge is 0.299 e. The summed E-state index contributed by atoms with van der Waals surface area (Å²) in [5.74, 6) is 2.26. The molecule has 0 saturated carbocycles. The number of alkyl halides is 3. The number of benzene rings is 1. The molecule has 0 bridgehead atoms. The fraction of sp³-hybridized carbons (Fsp3) is 0.647. The number of rotatable bonds is 3. The maximum atomic E-state index is 12.9. The van der Waals surface area contributed by atoms with Crippen LogP contribution < -0.4 is 0 Å². The minimum atomic E-state index is -4.56. The fourth-order valence-electron chi connectivity index (χ4n) is 3.55. The monoisotopic (exact) mass is 408 g/mol. The third-order valence-corrected chi connectivity index (χ3v) is 7.94. The van der Waals surface area contributed by atoms with Crippen LogP contribution in [0.5, 0.6) is 0 Å². The Hall–Kier alpha value is -0.770. The van der Waals surface area contributed by atoms with Gasteiger partial charge in [-0.2, -0.15) is 29.2 Å². The highest BCUT2D eigenvalue weighted by molar-refractivity contribution is 7.99. The molecular weight excluding hydrogens is 385 g/mol. The Bertz CT molecular complexity index is 719. The van der Waals surface area contributed by atoms with E-state index in [1.54, 1.807) is 0 Å². The molecule has 0 amide bonds. The molecule has 0 unspecified atom stereocenters. The van der Waals surface area contributed by atoms with Gasteiger partial charge in [0.1, 0.15) is 0 Å². The van der Waals surface area contributed by atoms with Crippen molar-refractivity contribution in [3.8, 4) is 0 Å². The van der Waals surface area contributed by atoms with Gasteiger partial charge >= 0.3 is 6.18 Å². The van der Waals surface area contributed by atoms with Crippen LogP contribution in [0.25, 0.3) is 0 Å². The van der Waals surface area contributed by atoms with Gasteiger partial charge in [-0.3, -0.25) is 4.90 Å². The lowest BCUT2D eigenvalue weighted by Crippen LogP contribution is -2.41. The zero-order valence-electron chi connectivity index (χ0n) is 14.4. The Labute approximate surface area is 156 Å². The average molecular weight is 409 g/mol. The quantitative estimate of drug-likeness (QED) is 0.770. The van der Waals surface area contributed by atoms with Gasteiger partial charge in [-0.15, -0.1) is 0 Å². The molecule has 2 aliphatic rings. The van der Waals surface area contributed by atoms with Crippen LogP contribution in [0.1, 0.15) is 24.8 Å². The molecular formula is C17H23F3N2O2S2. The molecule has 9 heteroatoms. The lowest BCUT2D eigenvalue weighted by atomic mass is 10.1. The van der Waals surface area contributed by atoms with Gasteiger partial charge in [0, 0.05) is 25.7 Å². The predicted octanol–water partition coefficient (Wildman–Crippen LogP) is 3.30. The molecule has 0 radical (unpaired) electrons. The van der Waals surface area contributed by atoms with Gasteiger partial charge in [0.25, 0.3) is 0 Å². The first-order valence-electron chi connectivity index (χ1n) is 8.78. The van der Waals surface area contributed by atoms with Gasteiger partial charge < -0.3 is 0 Å². The second kappa shape index (κ2) is 8.08. The molecule has 0 aliphatic carbocycles. The molecule has 2 fully saturated rings. The molecule has 4 nitrogen and oxygen atoms in total. The van der Waals surface area contributed by atoms with Crippen molar-refractivity contribution in [3.63, 3.8) is 0 Å². The van der Waals surface area contributed by atoms with Crippen molar-refractivity contribution in [2.45, 2.75) is 36.4 Å². The summed E-state index contributed by atoms with van der Waals surface area (Å²) in [6.07, 6.45) is -1.63. The molecule has 1 aromatic carbocycles. The first kappa shape index (κ1) is 20.0. The Morgan fingerprint density at radius 1 is 1.04 bits per heavy atom. The zero-order chi connectivity index (χ0) is 18.8. The van der Waals surface area contributed by atoms with Crippen LogP contribution in [0.2, 0.25) is 0 Å². The third-order valence-electron chi connectivity index (χ3n) is 5.00. The maximum Gasteiger partial charge on any atom is 0.416 e. The first-order valence-corrected chi connectivity index (χ1v) is 11.4. The molecule has 0 atom stereocenters.